The van der Waals surface area contributed by atoms with E-state index in [1.165, 1.54) is 24.3 Å². The number of nitrogens with zero attached hydrogens (tertiary/aromatic N) is 4. The van der Waals surface area contributed by atoms with Crippen LogP contribution in [0, 0.1) is 11.6 Å². The Labute approximate surface area is 380 Å². The lowest BCUT2D eigenvalue weighted by Crippen LogP contribution is -2.02. The summed E-state index contributed by atoms with van der Waals surface area (Å²) in [6.07, 6.45) is 5.36. The molecule has 8 rings (SSSR count). The monoisotopic (exact) mass is 928 g/mol. The summed E-state index contributed by atoms with van der Waals surface area (Å²) in [7, 11) is 0. The lowest BCUT2D eigenvalue weighted by molar-refractivity contribution is 0.280. The van der Waals surface area contributed by atoms with Crippen LogP contribution in [0.5, 0.6) is 12.0 Å². The van der Waals surface area contributed by atoms with Gasteiger partial charge in [0, 0.05) is 54.6 Å². The SMILES string of the molecule is CSc1ccc(-c2nc(OCc3cccc(F)c3)ncc2-c2ccc(Cl)cc2)c(Cl)c1.Fc1cccc(COc2ncc(-c3ccc(Cl)cc3)c(-c3ccc(Cl)cc3Cl)n2)c1. The molecule has 0 saturated carbocycles. The van der Waals surface area contributed by atoms with Gasteiger partial charge < -0.3 is 9.47 Å². The molecule has 0 N–H and O–H groups in total. The second-order valence-corrected chi connectivity index (χ2v) is 16.2. The van der Waals surface area contributed by atoms with Crippen LogP contribution in [0.15, 0.2) is 151 Å². The van der Waals surface area contributed by atoms with Crippen LogP contribution in [-0.4, -0.2) is 26.2 Å². The minimum Gasteiger partial charge on any atom is -0.459 e. The molecule has 0 aliphatic carbocycles. The number of halogens is 7. The zero-order valence-electron chi connectivity index (χ0n) is 31.9. The molecule has 0 aliphatic rings. The van der Waals surface area contributed by atoms with Crippen molar-refractivity contribution in [1.29, 1.82) is 0 Å². The average molecular weight is 931 g/mol. The van der Waals surface area contributed by atoms with Crippen molar-refractivity contribution in [2.45, 2.75) is 18.1 Å². The summed E-state index contributed by atoms with van der Waals surface area (Å²) < 4.78 is 38.3. The number of hydrogen-bond acceptors (Lipinski definition) is 7. The Hall–Kier alpha value is -5.26. The predicted octanol–water partition coefficient (Wildman–Crippen LogP) is 15.0. The number of ether oxygens (including phenoxy) is 2. The first-order valence-corrected chi connectivity index (χ1v) is 21.4. The van der Waals surface area contributed by atoms with Crippen molar-refractivity contribution in [3.8, 4) is 56.8 Å². The first-order valence-electron chi connectivity index (χ1n) is 18.3. The Kier molecular flexibility index (Phi) is 14.8. The second-order valence-electron chi connectivity index (χ2n) is 13.2. The van der Waals surface area contributed by atoms with Crippen LogP contribution in [0.2, 0.25) is 25.1 Å². The maximum atomic E-state index is 13.4. The van der Waals surface area contributed by atoms with Gasteiger partial charge in [0.05, 0.1) is 21.4 Å². The number of benzene rings is 6. The Morgan fingerprint density at radius 2 is 0.934 bits per heavy atom. The Morgan fingerprint density at radius 1 is 0.492 bits per heavy atom. The van der Waals surface area contributed by atoms with Gasteiger partial charge in [-0.1, -0.05) is 113 Å². The van der Waals surface area contributed by atoms with Gasteiger partial charge in [-0.2, -0.15) is 9.97 Å². The fraction of sp³-hybridized carbons (Fsp3) is 0.0638. The number of thioether (sulfide) groups is 1. The lowest BCUT2D eigenvalue weighted by atomic mass is 10.0. The van der Waals surface area contributed by atoms with Crippen LogP contribution in [0.25, 0.3) is 44.8 Å². The van der Waals surface area contributed by atoms with Crippen molar-refractivity contribution >= 4 is 69.8 Å². The number of aromatic nitrogens is 4. The number of hydrogen-bond donors (Lipinski definition) is 0. The van der Waals surface area contributed by atoms with Crippen LogP contribution in [0.3, 0.4) is 0 Å². The quantitative estimate of drug-likeness (QED) is 0.120. The summed E-state index contributed by atoms with van der Waals surface area (Å²) in [5.74, 6) is -0.648. The lowest BCUT2D eigenvalue weighted by Gasteiger charge is -2.13. The highest BCUT2D eigenvalue weighted by Gasteiger charge is 2.18. The molecular formula is C47H31Cl5F2N4O2S. The summed E-state index contributed by atoms with van der Waals surface area (Å²) in [6.45, 7) is 0.280. The van der Waals surface area contributed by atoms with Gasteiger partial charge in [0.15, 0.2) is 0 Å². The second kappa shape index (κ2) is 20.5. The molecule has 2 heterocycles. The molecule has 0 radical (unpaired) electrons. The molecule has 6 nitrogen and oxygen atoms in total. The van der Waals surface area contributed by atoms with Gasteiger partial charge in [0.1, 0.15) is 24.8 Å². The van der Waals surface area contributed by atoms with Gasteiger partial charge in [-0.15, -0.1) is 11.8 Å². The topological polar surface area (TPSA) is 70.0 Å². The van der Waals surface area contributed by atoms with Gasteiger partial charge in [-0.05, 0) is 107 Å². The maximum absolute atomic E-state index is 13.4. The molecule has 2 aromatic heterocycles. The molecule has 61 heavy (non-hydrogen) atoms. The largest absolute Gasteiger partial charge is 0.459 e. The molecule has 0 unspecified atom stereocenters. The van der Waals surface area contributed by atoms with Gasteiger partial charge in [0.25, 0.3) is 0 Å². The minimum atomic E-state index is -0.330. The highest BCUT2D eigenvalue weighted by atomic mass is 35.5. The first-order chi connectivity index (χ1) is 29.5. The van der Waals surface area contributed by atoms with E-state index >= 15 is 0 Å². The van der Waals surface area contributed by atoms with Gasteiger partial charge in [-0.25, -0.2) is 18.7 Å². The van der Waals surface area contributed by atoms with Crippen molar-refractivity contribution < 1.29 is 18.3 Å². The third-order valence-electron chi connectivity index (χ3n) is 8.98. The van der Waals surface area contributed by atoms with E-state index < -0.39 is 0 Å². The van der Waals surface area contributed by atoms with E-state index in [4.69, 9.17) is 67.5 Å². The predicted molar refractivity (Wildman–Crippen MR) is 244 cm³/mol. The van der Waals surface area contributed by atoms with Gasteiger partial charge in [-0.3, -0.25) is 0 Å². The molecule has 0 atom stereocenters. The van der Waals surface area contributed by atoms with Crippen molar-refractivity contribution in [2.24, 2.45) is 0 Å². The molecule has 0 amide bonds. The van der Waals surface area contributed by atoms with E-state index in [2.05, 4.69) is 19.9 Å². The third-order valence-corrected chi connectivity index (χ3v) is 11.1. The van der Waals surface area contributed by atoms with E-state index in [0.717, 1.165) is 32.7 Å². The maximum Gasteiger partial charge on any atom is 0.317 e. The van der Waals surface area contributed by atoms with Crippen LogP contribution in [0.4, 0.5) is 8.78 Å². The van der Waals surface area contributed by atoms with Crippen molar-refractivity contribution in [3.05, 3.63) is 194 Å². The van der Waals surface area contributed by atoms with Crippen LogP contribution < -0.4 is 9.47 Å². The van der Waals surface area contributed by atoms with Gasteiger partial charge in [0.2, 0.25) is 0 Å². The van der Waals surface area contributed by atoms with Crippen LogP contribution in [-0.2, 0) is 13.2 Å². The van der Waals surface area contributed by atoms with E-state index in [9.17, 15) is 8.78 Å². The normalized spacial score (nSPS) is 10.8. The highest BCUT2D eigenvalue weighted by molar-refractivity contribution is 7.98. The molecular weight excluding hydrogens is 900 g/mol. The molecule has 306 valence electrons. The fourth-order valence-electron chi connectivity index (χ4n) is 6.01. The van der Waals surface area contributed by atoms with Gasteiger partial charge >= 0.3 is 12.0 Å². The molecule has 0 spiro atoms. The Bertz CT molecular complexity index is 2800. The van der Waals surface area contributed by atoms with Crippen molar-refractivity contribution in [3.63, 3.8) is 0 Å². The summed E-state index contributed by atoms with van der Waals surface area (Å²) in [6, 6.07) is 38.5. The fourth-order valence-corrected chi connectivity index (χ4v) is 7.53. The van der Waals surface area contributed by atoms with E-state index in [1.54, 1.807) is 78.8 Å². The van der Waals surface area contributed by atoms with Crippen LogP contribution >= 0.6 is 69.8 Å². The third kappa shape index (κ3) is 11.6. The Balaban J connectivity index is 0.000000184. The summed E-state index contributed by atoms with van der Waals surface area (Å²) in [5, 5.41) is 2.82. The highest BCUT2D eigenvalue weighted by Crippen LogP contribution is 2.39. The van der Waals surface area contributed by atoms with Crippen LogP contribution in [0.1, 0.15) is 11.1 Å². The first kappa shape index (κ1) is 43.8. The summed E-state index contributed by atoms with van der Waals surface area (Å²) in [5.41, 5.74) is 7.38. The average Bonchev–Trinajstić information content (AvgIpc) is 3.26. The molecule has 14 heteroatoms. The summed E-state index contributed by atoms with van der Waals surface area (Å²) in [4.78, 5) is 19.0. The smallest absolute Gasteiger partial charge is 0.317 e. The van der Waals surface area contributed by atoms with Crippen molar-refractivity contribution in [1.82, 2.24) is 19.9 Å². The minimum absolute atomic E-state index is 0.131. The zero-order valence-corrected chi connectivity index (χ0v) is 36.5. The molecule has 6 aromatic carbocycles. The molecule has 0 fully saturated rings. The molecule has 8 aromatic rings. The molecule has 0 saturated heterocycles. The molecule has 0 aliphatic heterocycles. The van der Waals surface area contributed by atoms with E-state index in [0.29, 0.717) is 53.2 Å². The number of rotatable bonds is 11. The molecule has 0 bridgehead atoms. The zero-order chi connectivity index (χ0) is 42.9. The Morgan fingerprint density at radius 3 is 1.36 bits per heavy atom. The van der Waals surface area contributed by atoms with Crippen molar-refractivity contribution in [2.75, 3.05) is 6.26 Å². The van der Waals surface area contributed by atoms with E-state index in [-0.39, 0.29) is 36.9 Å². The van der Waals surface area contributed by atoms with E-state index in [1.807, 2.05) is 60.9 Å². The summed E-state index contributed by atoms with van der Waals surface area (Å²) >= 11 is 32.8. The standard InChI is InChI=1S/C24H17Cl2FN2OS.C23H14Cl3FN2O/c1-31-19-9-10-20(22(26)12-19)23-21(16-5-7-17(25)8-6-16)13-28-24(29-23)30-14-15-3-2-4-18(27)11-15;24-16-6-4-15(5-7-16)20-12-28-23(30-13-14-2-1-3-18(27)10-14)29-22(20)19-9-8-17(25)11-21(19)26/h2-13H,14H2,1H3;1-12H,13H2.